The van der Waals surface area contributed by atoms with E-state index in [1.807, 2.05) is 0 Å². The average molecular weight is 363 g/mol. The van der Waals surface area contributed by atoms with Gasteiger partial charge >= 0.3 is 11.9 Å². The van der Waals surface area contributed by atoms with Crippen LogP contribution in [0.25, 0.3) is 0 Å². The van der Waals surface area contributed by atoms with Gasteiger partial charge in [-0.15, -0.1) is 0 Å². The maximum Gasteiger partial charge on any atom is 0.338 e. The van der Waals surface area contributed by atoms with Crippen molar-refractivity contribution in [1.29, 1.82) is 0 Å². The smallest absolute Gasteiger partial charge is 0.338 e. The Morgan fingerprint density at radius 3 is 1.88 bits per heavy atom. The Balaban J connectivity index is 2.56. The maximum absolute atomic E-state index is 12.4. The molecule has 0 aliphatic rings. The van der Waals surface area contributed by atoms with Gasteiger partial charge in [0, 0.05) is 0 Å². The van der Waals surface area contributed by atoms with E-state index in [0.29, 0.717) is 11.5 Å². The second kappa shape index (κ2) is 11.7. The Hall–Kier alpha value is -1.84. The summed E-state index contributed by atoms with van der Waals surface area (Å²) in [4.78, 5) is 23.3. The molecule has 0 saturated carbocycles. The first kappa shape index (κ1) is 22.2. The molecule has 26 heavy (non-hydrogen) atoms. The van der Waals surface area contributed by atoms with E-state index in [1.54, 1.807) is 0 Å². The number of carbonyl (C=O) groups is 2. The highest BCUT2D eigenvalue weighted by atomic mass is 16.5. The van der Waals surface area contributed by atoms with Gasteiger partial charge in [0.15, 0.2) is 0 Å². The summed E-state index contributed by atoms with van der Waals surface area (Å²) < 4.78 is 5.73. The van der Waals surface area contributed by atoms with Gasteiger partial charge in [-0.05, 0) is 61.8 Å². The number of benzene rings is 1. The highest BCUT2D eigenvalue weighted by molar-refractivity contribution is 5.92. The third kappa shape index (κ3) is 9.02. The van der Waals surface area contributed by atoms with Crippen LogP contribution in [0.2, 0.25) is 0 Å². The van der Waals surface area contributed by atoms with Crippen LogP contribution < -0.4 is 0 Å². The Morgan fingerprint density at radius 1 is 0.808 bits per heavy atom. The van der Waals surface area contributed by atoms with Crippen molar-refractivity contribution in [2.45, 2.75) is 78.7 Å². The Kier molecular flexibility index (Phi) is 10.0. The average Bonchev–Trinajstić information content (AvgIpc) is 2.58. The normalized spacial score (nSPS) is 12.4. The molecule has 146 valence electrons. The number of unbranched alkanes of at least 4 members (excludes halogenated alkanes) is 2. The molecule has 0 aliphatic carbocycles. The van der Waals surface area contributed by atoms with E-state index >= 15 is 0 Å². The lowest BCUT2D eigenvalue weighted by atomic mass is 9.99. The number of hydrogen-bond acceptors (Lipinski definition) is 3. The quantitative estimate of drug-likeness (QED) is 0.368. The minimum atomic E-state index is -0.999. The highest BCUT2D eigenvalue weighted by Gasteiger charge is 2.17. The van der Waals surface area contributed by atoms with Crippen LogP contribution in [-0.4, -0.2) is 23.1 Å². The summed E-state index contributed by atoms with van der Waals surface area (Å²) in [5.74, 6) is -0.0515. The minimum absolute atomic E-state index is 0.0666. The lowest BCUT2D eigenvalue weighted by molar-refractivity contribution is 0.0241. The summed E-state index contributed by atoms with van der Waals surface area (Å²) in [6.07, 6.45) is 7.43. The van der Waals surface area contributed by atoms with Crippen molar-refractivity contribution >= 4 is 11.9 Å². The molecule has 0 bridgehead atoms. The van der Waals surface area contributed by atoms with Crippen molar-refractivity contribution in [3.05, 3.63) is 35.4 Å². The second-order valence-corrected chi connectivity index (χ2v) is 7.91. The fourth-order valence-corrected chi connectivity index (χ4v) is 2.85. The van der Waals surface area contributed by atoms with E-state index in [9.17, 15) is 9.59 Å². The first-order chi connectivity index (χ1) is 12.3. The van der Waals surface area contributed by atoms with Crippen molar-refractivity contribution < 1.29 is 19.4 Å². The number of aromatic carboxylic acids is 1. The van der Waals surface area contributed by atoms with E-state index < -0.39 is 5.97 Å². The summed E-state index contributed by atoms with van der Waals surface area (Å²) in [6, 6.07) is 5.92. The van der Waals surface area contributed by atoms with Gasteiger partial charge in [-0.3, -0.25) is 0 Å². The molecular weight excluding hydrogens is 328 g/mol. The van der Waals surface area contributed by atoms with Crippen LogP contribution >= 0.6 is 0 Å². The van der Waals surface area contributed by atoms with Crippen LogP contribution in [0.4, 0.5) is 0 Å². The highest BCUT2D eigenvalue weighted by Crippen LogP contribution is 2.19. The predicted octanol–water partition coefficient (Wildman–Crippen LogP) is 5.95. The van der Waals surface area contributed by atoms with Crippen molar-refractivity contribution in [1.82, 2.24) is 0 Å². The Morgan fingerprint density at radius 2 is 1.35 bits per heavy atom. The van der Waals surface area contributed by atoms with Crippen LogP contribution in [0.1, 0.15) is 93.4 Å². The molecule has 0 radical (unpaired) electrons. The molecule has 1 N–H and O–H groups in total. The minimum Gasteiger partial charge on any atom is -0.478 e. The molecule has 0 saturated heterocycles. The first-order valence-corrected chi connectivity index (χ1v) is 9.84. The summed E-state index contributed by atoms with van der Waals surface area (Å²) in [7, 11) is 0. The van der Waals surface area contributed by atoms with Crippen LogP contribution in [-0.2, 0) is 4.74 Å². The number of ether oxygens (including phenoxy) is 1. The van der Waals surface area contributed by atoms with Gasteiger partial charge in [0.25, 0.3) is 0 Å². The fourth-order valence-electron chi connectivity index (χ4n) is 2.85. The number of rotatable bonds is 12. The molecule has 0 aromatic heterocycles. The topological polar surface area (TPSA) is 63.6 Å². The SMILES string of the molecule is CC(C)CCCCCC(CCC(C)C)OC(=O)c1ccc(C(=O)O)cc1. The zero-order chi connectivity index (χ0) is 19.5. The van der Waals surface area contributed by atoms with Gasteiger partial charge in [0.1, 0.15) is 6.10 Å². The van der Waals surface area contributed by atoms with Crippen molar-refractivity contribution in [3.8, 4) is 0 Å². The molecular formula is C22H34O4. The second-order valence-electron chi connectivity index (χ2n) is 7.91. The van der Waals surface area contributed by atoms with Gasteiger partial charge < -0.3 is 9.84 Å². The van der Waals surface area contributed by atoms with Gasteiger partial charge in [0.05, 0.1) is 11.1 Å². The molecule has 1 unspecified atom stereocenters. The number of esters is 1. The number of carbonyl (C=O) groups excluding carboxylic acids is 1. The molecule has 1 aromatic rings. The molecule has 0 fully saturated rings. The summed E-state index contributed by atoms with van der Waals surface area (Å²) in [5.41, 5.74) is 0.576. The van der Waals surface area contributed by atoms with Crippen LogP contribution in [0, 0.1) is 11.8 Å². The molecule has 0 spiro atoms. The lowest BCUT2D eigenvalue weighted by Crippen LogP contribution is -2.19. The molecule has 0 amide bonds. The third-order valence-electron chi connectivity index (χ3n) is 4.51. The van der Waals surface area contributed by atoms with Crippen molar-refractivity contribution in [2.24, 2.45) is 11.8 Å². The molecule has 1 aromatic carbocycles. The molecule has 4 nitrogen and oxygen atoms in total. The lowest BCUT2D eigenvalue weighted by Gasteiger charge is -2.19. The zero-order valence-corrected chi connectivity index (χ0v) is 16.7. The number of carboxylic acid groups (broad SMARTS) is 1. The predicted molar refractivity (Wildman–Crippen MR) is 105 cm³/mol. The number of hydrogen-bond donors (Lipinski definition) is 1. The van der Waals surface area contributed by atoms with E-state index in [0.717, 1.165) is 31.6 Å². The van der Waals surface area contributed by atoms with E-state index in [4.69, 9.17) is 9.84 Å². The van der Waals surface area contributed by atoms with E-state index in [-0.39, 0.29) is 17.6 Å². The van der Waals surface area contributed by atoms with Gasteiger partial charge in [-0.25, -0.2) is 9.59 Å². The largest absolute Gasteiger partial charge is 0.478 e. The standard InChI is InChI=1S/C22H34O4/c1-16(2)8-6-5-7-9-20(15-10-17(3)4)26-22(25)19-13-11-18(12-14-19)21(23)24/h11-14,16-17,20H,5-10,15H2,1-4H3,(H,23,24). The fraction of sp³-hybridized carbons (Fsp3) is 0.636. The monoisotopic (exact) mass is 362 g/mol. The van der Waals surface area contributed by atoms with Gasteiger partial charge in [0.2, 0.25) is 0 Å². The third-order valence-corrected chi connectivity index (χ3v) is 4.51. The summed E-state index contributed by atoms with van der Waals surface area (Å²) >= 11 is 0. The van der Waals surface area contributed by atoms with Crippen molar-refractivity contribution in [3.63, 3.8) is 0 Å². The Labute approximate surface area is 158 Å². The molecule has 4 heteroatoms. The van der Waals surface area contributed by atoms with Gasteiger partial charge in [-0.1, -0.05) is 47.0 Å². The Bertz CT molecular complexity index is 546. The van der Waals surface area contributed by atoms with E-state index in [2.05, 4.69) is 27.7 Å². The molecule has 1 atom stereocenters. The maximum atomic E-state index is 12.4. The van der Waals surface area contributed by atoms with Crippen LogP contribution in [0.3, 0.4) is 0 Å². The van der Waals surface area contributed by atoms with Gasteiger partial charge in [-0.2, -0.15) is 0 Å². The summed E-state index contributed by atoms with van der Waals surface area (Å²) in [5, 5.41) is 8.94. The molecule has 0 heterocycles. The van der Waals surface area contributed by atoms with Crippen LogP contribution in [0.5, 0.6) is 0 Å². The van der Waals surface area contributed by atoms with Crippen molar-refractivity contribution in [2.75, 3.05) is 0 Å². The molecule has 0 aliphatic heterocycles. The van der Waals surface area contributed by atoms with E-state index in [1.165, 1.54) is 43.5 Å². The van der Waals surface area contributed by atoms with Crippen LogP contribution in [0.15, 0.2) is 24.3 Å². The summed E-state index contributed by atoms with van der Waals surface area (Å²) in [6.45, 7) is 8.82. The number of carboxylic acids is 1. The first-order valence-electron chi connectivity index (χ1n) is 9.84. The zero-order valence-electron chi connectivity index (χ0n) is 16.7. The molecule has 1 rings (SSSR count).